The van der Waals surface area contributed by atoms with Crippen LogP contribution in [0.2, 0.25) is 0 Å². The van der Waals surface area contributed by atoms with Crippen molar-refractivity contribution in [3.05, 3.63) is 71.6 Å². The number of hydrogen-bond donors (Lipinski definition) is 0. The molecular weight excluding hydrogens is 350 g/mol. The Morgan fingerprint density at radius 2 is 1.93 bits per heavy atom. The Morgan fingerprint density at radius 3 is 2.70 bits per heavy atom. The van der Waals surface area contributed by atoms with E-state index in [0.29, 0.717) is 31.8 Å². The summed E-state index contributed by atoms with van der Waals surface area (Å²) < 4.78 is 34.9. The first-order valence-electron chi connectivity index (χ1n) is 8.84. The van der Waals surface area contributed by atoms with Crippen LogP contribution in [0.1, 0.15) is 17.5 Å². The van der Waals surface area contributed by atoms with Crippen molar-refractivity contribution in [3.8, 4) is 11.4 Å². The van der Waals surface area contributed by atoms with Crippen LogP contribution in [-0.2, 0) is 18.3 Å². The fourth-order valence-corrected chi connectivity index (χ4v) is 3.33. The zero-order chi connectivity index (χ0) is 18.8. The predicted octanol–water partition coefficient (Wildman–Crippen LogP) is 3.33. The van der Waals surface area contributed by atoms with Crippen LogP contribution in [0.15, 0.2) is 48.5 Å². The quantitative estimate of drug-likeness (QED) is 0.707. The number of hydrogen-bond acceptors (Lipinski definition) is 4. The summed E-state index contributed by atoms with van der Waals surface area (Å²) in [5.41, 5.74) is 1.39. The maximum absolute atomic E-state index is 14.1. The smallest absolute Gasteiger partial charge is 0.163 e. The van der Waals surface area contributed by atoms with E-state index in [2.05, 4.69) is 15.1 Å². The first kappa shape index (κ1) is 17.8. The van der Waals surface area contributed by atoms with Crippen molar-refractivity contribution in [2.75, 3.05) is 19.7 Å². The van der Waals surface area contributed by atoms with Crippen molar-refractivity contribution in [1.29, 1.82) is 0 Å². The highest BCUT2D eigenvalue weighted by atomic mass is 19.1. The molecule has 2 aromatic carbocycles. The molecule has 0 amide bonds. The summed E-state index contributed by atoms with van der Waals surface area (Å²) in [5, 5.41) is 8.63. The van der Waals surface area contributed by atoms with Crippen LogP contribution < -0.4 is 0 Å². The maximum atomic E-state index is 14.1. The van der Waals surface area contributed by atoms with Crippen LogP contribution in [0.5, 0.6) is 0 Å². The highest BCUT2D eigenvalue weighted by molar-refractivity contribution is 5.54. The fourth-order valence-electron chi connectivity index (χ4n) is 3.33. The van der Waals surface area contributed by atoms with Gasteiger partial charge in [-0.15, -0.1) is 10.2 Å². The Morgan fingerprint density at radius 1 is 1.11 bits per heavy atom. The third-order valence-corrected chi connectivity index (χ3v) is 4.82. The number of morpholine rings is 1. The second-order valence-corrected chi connectivity index (χ2v) is 6.63. The topological polar surface area (TPSA) is 43.2 Å². The highest BCUT2D eigenvalue weighted by Crippen LogP contribution is 2.26. The van der Waals surface area contributed by atoms with Crippen molar-refractivity contribution in [3.63, 3.8) is 0 Å². The molecule has 140 valence electrons. The van der Waals surface area contributed by atoms with Gasteiger partial charge in [-0.1, -0.05) is 36.4 Å². The lowest BCUT2D eigenvalue weighted by molar-refractivity contribution is -0.0355. The second kappa shape index (κ2) is 7.54. The van der Waals surface area contributed by atoms with E-state index in [4.69, 9.17) is 4.74 Å². The van der Waals surface area contributed by atoms with Gasteiger partial charge in [0, 0.05) is 37.3 Å². The van der Waals surface area contributed by atoms with Gasteiger partial charge in [0.2, 0.25) is 0 Å². The Balaban J connectivity index is 1.49. The minimum absolute atomic E-state index is 0.379. The molecule has 1 saturated heterocycles. The maximum Gasteiger partial charge on any atom is 0.163 e. The van der Waals surface area contributed by atoms with Crippen molar-refractivity contribution in [1.82, 2.24) is 19.7 Å². The van der Waals surface area contributed by atoms with Crippen LogP contribution >= 0.6 is 0 Å². The van der Waals surface area contributed by atoms with Gasteiger partial charge in [0.25, 0.3) is 0 Å². The zero-order valence-corrected chi connectivity index (χ0v) is 15.0. The Kier molecular flexibility index (Phi) is 4.96. The lowest BCUT2D eigenvalue weighted by Gasteiger charge is -2.32. The van der Waals surface area contributed by atoms with Crippen LogP contribution in [0, 0.1) is 11.6 Å². The van der Waals surface area contributed by atoms with Gasteiger partial charge >= 0.3 is 0 Å². The number of aromatic nitrogens is 3. The molecule has 0 radical (unpaired) electrons. The lowest BCUT2D eigenvalue weighted by atomic mass is 10.1. The molecule has 1 unspecified atom stereocenters. The molecule has 1 aliphatic rings. The molecule has 0 saturated carbocycles. The van der Waals surface area contributed by atoms with E-state index in [9.17, 15) is 8.78 Å². The van der Waals surface area contributed by atoms with Gasteiger partial charge in [0.05, 0.1) is 19.3 Å². The molecule has 1 aliphatic heterocycles. The molecule has 27 heavy (non-hydrogen) atoms. The molecule has 1 aromatic heterocycles. The first-order valence-corrected chi connectivity index (χ1v) is 8.84. The number of ether oxygens (including phenoxy) is 1. The number of rotatable bonds is 4. The van der Waals surface area contributed by atoms with E-state index in [0.717, 1.165) is 23.3 Å². The van der Waals surface area contributed by atoms with Crippen LogP contribution in [0.3, 0.4) is 0 Å². The van der Waals surface area contributed by atoms with Gasteiger partial charge in [-0.3, -0.25) is 4.90 Å². The van der Waals surface area contributed by atoms with Crippen molar-refractivity contribution in [2.24, 2.45) is 7.05 Å². The Bertz CT molecular complexity index is 929. The molecular formula is C20H20F2N4O. The van der Waals surface area contributed by atoms with Crippen LogP contribution in [-0.4, -0.2) is 39.4 Å². The largest absolute Gasteiger partial charge is 0.371 e. The molecule has 2 heterocycles. The molecule has 0 N–H and O–H groups in total. The molecule has 0 aliphatic carbocycles. The SMILES string of the molecule is Cn1c(CN2CCOC(c3ccc(F)cc3F)C2)nnc1-c1ccccc1. The standard InChI is InChI=1S/C20H20F2N4O/c1-25-19(23-24-20(25)14-5-3-2-4-6-14)13-26-9-10-27-18(12-26)16-8-7-15(21)11-17(16)22/h2-8,11,18H,9-10,12-13H2,1H3. The summed E-state index contributed by atoms with van der Waals surface area (Å²) in [6.07, 6.45) is -0.429. The lowest BCUT2D eigenvalue weighted by Crippen LogP contribution is -2.38. The normalized spacial score (nSPS) is 18.0. The van der Waals surface area contributed by atoms with E-state index in [1.165, 1.54) is 12.1 Å². The van der Waals surface area contributed by atoms with Crippen LogP contribution in [0.25, 0.3) is 11.4 Å². The zero-order valence-electron chi connectivity index (χ0n) is 15.0. The number of benzene rings is 2. The third-order valence-electron chi connectivity index (χ3n) is 4.82. The van der Waals surface area contributed by atoms with Gasteiger partial charge in [0.15, 0.2) is 5.82 Å². The summed E-state index contributed by atoms with van der Waals surface area (Å²) in [7, 11) is 1.94. The molecule has 0 bridgehead atoms. The predicted molar refractivity (Wildman–Crippen MR) is 96.8 cm³/mol. The Labute approximate surface area is 156 Å². The summed E-state index contributed by atoms with van der Waals surface area (Å²) in [6.45, 7) is 2.28. The van der Waals surface area contributed by atoms with E-state index in [-0.39, 0.29) is 0 Å². The van der Waals surface area contributed by atoms with E-state index in [1.807, 2.05) is 41.9 Å². The summed E-state index contributed by atoms with van der Waals surface area (Å²) in [5.74, 6) is 0.470. The van der Waals surface area contributed by atoms with E-state index in [1.54, 1.807) is 0 Å². The van der Waals surface area contributed by atoms with Gasteiger partial charge in [-0.2, -0.15) is 0 Å². The van der Waals surface area contributed by atoms with Crippen molar-refractivity contribution >= 4 is 0 Å². The van der Waals surface area contributed by atoms with Gasteiger partial charge in [-0.05, 0) is 6.07 Å². The molecule has 3 aromatic rings. The molecule has 7 heteroatoms. The molecule has 5 nitrogen and oxygen atoms in total. The summed E-state index contributed by atoms with van der Waals surface area (Å²) >= 11 is 0. The third kappa shape index (κ3) is 3.74. The highest BCUT2D eigenvalue weighted by Gasteiger charge is 2.26. The van der Waals surface area contributed by atoms with Crippen molar-refractivity contribution < 1.29 is 13.5 Å². The minimum Gasteiger partial charge on any atom is -0.371 e. The van der Waals surface area contributed by atoms with Crippen LogP contribution in [0.4, 0.5) is 8.78 Å². The van der Waals surface area contributed by atoms with Gasteiger partial charge in [-0.25, -0.2) is 8.78 Å². The molecule has 0 spiro atoms. The second-order valence-electron chi connectivity index (χ2n) is 6.63. The summed E-state index contributed by atoms with van der Waals surface area (Å²) in [6, 6.07) is 13.5. The fraction of sp³-hybridized carbons (Fsp3) is 0.300. The number of nitrogens with zero attached hydrogens (tertiary/aromatic N) is 4. The van der Waals surface area contributed by atoms with E-state index < -0.39 is 17.7 Å². The van der Waals surface area contributed by atoms with E-state index >= 15 is 0 Å². The monoisotopic (exact) mass is 370 g/mol. The minimum atomic E-state index is -0.587. The Hall–Kier alpha value is -2.64. The molecule has 1 fully saturated rings. The molecule has 4 rings (SSSR count). The average molecular weight is 370 g/mol. The number of halogens is 2. The average Bonchev–Trinajstić information content (AvgIpc) is 3.03. The summed E-state index contributed by atoms with van der Waals surface area (Å²) in [4.78, 5) is 2.15. The van der Waals surface area contributed by atoms with Gasteiger partial charge < -0.3 is 9.30 Å². The molecule has 1 atom stereocenters. The van der Waals surface area contributed by atoms with Crippen molar-refractivity contribution in [2.45, 2.75) is 12.6 Å². The first-order chi connectivity index (χ1) is 13.1. The van der Waals surface area contributed by atoms with Gasteiger partial charge in [0.1, 0.15) is 17.5 Å².